The highest BCUT2D eigenvalue weighted by molar-refractivity contribution is 6.22. The summed E-state index contributed by atoms with van der Waals surface area (Å²) in [5, 5.41) is 0. The van der Waals surface area contributed by atoms with Crippen molar-refractivity contribution >= 4 is 17.5 Å². The Balaban J connectivity index is 1.63. The molecule has 3 aliphatic carbocycles. The molecule has 1 aromatic carbocycles. The van der Waals surface area contributed by atoms with Crippen molar-refractivity contribution < 1.29 is 14.0 Å². The number of halogens is 1. The number of imide groups is 1. The first kappa shape index (κ1) is 14.4. The normalized spacial score (nSPS) is 34.6. The number of anilines is 1. The lowest BCUT2D eigenvalue weighted by Crippen LogP contribution is -2.35. The highest BCUT2D eigenvalue weighted by Crippen LogP contribution is 2.57. The summed E-state index contributed by atoms with van der Waals surface area (Å²) in [5.74, 6) is -0.942. The van der Waals surface area contributed by atoms with E-state index >= 15 is 0 Å². The number of nitrogens with zero attached hydrogens (tertiary/aromatic N) is 1. The van der Waals surface area contributed by atoms with E-state index in [0.717, 1.165) is 43.4 Å². The molecule has 3 nitrogen and oxygen atoms in total. The van der Waals surface area contributed by atoms with Crippen molar-refractivity contribution in [2.24, 2.45) is 23.7 Å². The number of carbonyl (C=O) groups excluding carboxylic acids is 2. The largest absolute Gasteiger partial charge is 0.274 e. The Bertz CT molecular complexity index is 742. The first-order valence-electron chi connectivity index (χ1n) is 9.02. The number of rotatable bonds is 1. The lowest BCUT2D eigenvalue weighted by atomic mass is 9.66. The number of carbonyl (C=O) groups is 2. The summed E-state index contributed by atoms with van der Waals surface area (Å²) in [4.78, 5) is 27.5. The van der Waals surface area contributed by atoms with Crippen LogP contribution in [0.25, 0.3) is 0 Å². The number of fused-ring (bicyclic) bond motifs is 5. The highest BCUT2D eigenvalue weighted by Gasteiger charge is 2.59. The van der Waals surface area contributed by atoms with Crippen LogP contribution >= 0.6 is 0 Å². The van der Waals surface area contributed by atoms with Crippen molar-refractivity contribution in [3.05, 3.63) is 41.2 Å². The Morgan fingerprint density at radius 2 is 1.42 bits per heavy atom. The van der Waals surface area contributed by atoms with Crippen LogP contribution in [0, 0.1) is 29.5 Å². The summed E-state index contributed by atoms with van der Waals surface area (Å²) in [7, 11) is 0. The van der Waals surface area contributed by atoms with Crippen LogP contribution in [0.2, 0.25) is 0 Å². The number of amides is 2. The molecule has 0 radical (unpaired) electrons. The van der Waals surface area contributed by atoms with Gasteiger partial charge in [-0.25, -0.2) is 9.29 Å². The number of hydrogen-bond acceptors (Lipinski definition) is 2. The molecule has 0 spiro atoms. The van der Waals surface area contributed by atoms with E-state index in [1.807, 2.05) is 0 Å². The van der Waals surface area contributed by atoms with Crippen LogP contribution in [0.3, 0.4) is 0 Å². The molecule has 0 bridgehead atoms. The first-order chi connectivity index (χ1) is 11.7. The highest BCUT2D eigenvalue weighted by atomic mass is 19.1. The minimum absolute atomic E-state index is 0.126. The molecule has 1 aromatic rings. The molecule has 4 aliphatic rings. The average Bonchev–Trinajstić information content (AvgIpc) is 3.26. The molecule has 0 aromatic heterocycles. The molecular formula is C20H20FNO2. The minimum atomic E-state index is -0.496. The van der Waals surface area contributed by atoms with Crippen LogP contribution in [0.15, 0.2) is 35.4 Å². The zero-order chi connectivity index (χ0) is 16.4. The number of benzene rings is 1. The van der Waals surface area contributed by atoms with Crippen molar-refractivity contribution in [3.63, 3.8) is 0 Å². The Morgan fingerprint density at radius 1 is 0.875 bits per heavy atom. The molecule has 5 rings (SSSR count). The third-order valence-corrected chi connectivity index (χ3v) is 6.59. The summed E-state index contributed by atoms with van der Waals surface area (Å²) in [6.45, 7) is 0. The van der Waals surface area contributed by atoms with Crippen LogP contribution in [0.5, 0.6) is 0 Å². The van der Waals surface area contributed by atoms with Crippen molar-refractivity contribution in [2.75, 3.05) is 4.90 Å². The third kappa shape index (κ3) is 1.72. The predicted octanol–water partition coefficient (Wildman–Crippen LogP) is 3.84. The summed E-state index contributed by atoms with van der Waals surface area (Å²) in [5.41, 5.74) is 3.06. The van der Waals surface area contributed by atoms with E-state index in [1.165, 1.54) is 17.2 Å². The summed E-state index contributed by atoms with van der Waals surface area (Å²) >= 11 is 0. The molecule has 2 saturated carbocycles. The first-order valence-corrected chi connectivity index (χ1v) is 9.02. The quantitative estimate of drug-likeness (QED) is 0.581. The van der Waals surface area contributed by atoms with Gasteiger partial charge in [-0.15, -0.1) is 0 Å². The smallest absolute Gasteiger partial charge is 0.238 e. The van der Waals surface area contributed by atoms with Crippen LogP contribution in [-0.4, -0.2) is 11.8 Å². The molecule has 24 heavy (non-hydrogen) atoms. The Morgan fingerprint density at radius 3 is 1.96 bits per heavy atom. The van der Waals surface area contributed by atoms with E-state index in [-0.39, 0.29) is 41.2 Å². The van der Waals surface area contributed by atoms with Gasteiger partial charge in [-0.05, 0) is 62.5 Å². The topological polar surface area (TPSA) is 37.4 Å². The van der Waals surface area contributed by atoms with Gasteiger partial charge in [-0.3, -0.25) is 9.59 Å². The van der Waals surface area contributed by atoms with Gasteiger partial charge in [0.2, 0.25) is 11.8 Å². The Labute approximate surface area is 140 Å². The molecule has 1 saturated heterocycles. The number of allylic oxidation sites excluding steroid dienone is 2. The Hall–Kier alpha value is -1.97. The second-order valence-electron chi connectivity index (χ2n) is 7.56. The maximum atomic E-state index is 14.2. The maximum Gasteiger partial charge on any atom is 0.238 e. The van der Waals surface area contributed by atoms with E-state index in [9.17, 15) is 14.0 Å². The predicted molar refractivity (Wildman–Crippen MR) is 87.6 cm³/mol. The van der Waals surface area contributed by atoms with Crippen LogP contribution < -0.4 is 4.90 Å². The average molecular weight is 325 g/mol. The fraction of sp³-hybridized carbons (Fsp3) is 0.500. The number of para-hydroxylation sites is 1. The standard InChI is InChI=1S/C20H20FNO2/c21-15-9-1-2-10-16(15)22-19(23)17-13-7-3-5-11(13)12-6-4-8-14(12)18(17)20(22)24/h1-2,9-10,13-14,17-18H,3-8H2/t13-,14-,17-,18+/m1/s1. The molecule has 0 unspecified atom stereocenters. The van der Waals surface area contributed by atoms with Crippen LogP contribution in [-0.2, 0) is 9.59 Å². The lowest BCUT2D eigenvalue weighted by molar-refractivity contribution is -0.122. The maximum absolute atomic E-state index is 14.2. The number of hydrogen-bond donors (Lipinski definition) is 0. The summed E-state index contributed by atoms with van der Waals surface area (Å²) in [6, 6.07) is 6.13. The molecular weight excluding hydrogens is 305 g/mol. The fourth-order valence-corrected chi connectivity index (χ4v) is 5.76. The van der Waals surface area contributed by atoms with Gasteiger partial charge in [0.05, 0.1) is 17.5 Å². The van der Waals surface area contributed by atoms with E-state index < -0.39 is 5.82 Å². The van der Waals surface area contributed by atoms with Gasteiger partial charge in [0, 0.05) is 0 Å². The van der Waals surface area contributed by atoms with Gasteiger partial charge in [-0.1, -0.05) is 23.3 Å². The zero-order valence-corrected chi connectivity index (χ0v) is 13.5. The summed E-state index contributed by atoms with van der Waals surface area (Å²) in [6.07, 6.45) is 6.39. The van der Waals surface area contributed by atoms with E-state index in [1.54, 1.807) is 18.2 Å². The van der Waals surface area contributed by atoms with Gasteiger partial charge in [0.15, 0.2) is 0 Å². The van der Waals surface area contributed by atoms with Gasteiger partial charge < -0.3 is 0 Å². The molecule has 0 N–H and O–H groups in total. The minimum Gasteiger partial charge on any atom is -0.274 e. The third-order valence-electron chi connectivity index (χ3n) is 6.59. The fourth-order valence-electron chi connectivity index (χ4n) is 5.76. The SMILES string of the molecule is O=C1[C@@H]2[C@H](C(=O)N1c1ccccc1F)[C@@H]1CCCC1=C1CCC[C@H]12. The lowest BCUT2D eigenvalue weighted by Gasteiger charge is -2.34. The van der Waals surface area contributed by atoms with Gasteiger partial charge in [-0.2, -0.15) is 0 Å². The molecule has 1 heterocycles. The van der Waals surface area contributed by atoms with Gasteiger partial charge in [0.25, 0.3) is 0 Å². The van der Waals surface area contributed by atoms with Crippen molar-refractivity contribution in [1.29, 1.82) is 0 Å². The van der Waals surface area contributed by atoms with Crippen LogP contribution in [0.4, 0.5) is 10.1 Å². The van der Waals surface area contributed by atoms with Crippen LogP contribution in [0.1, 0.15) is 38.5 Å². The summed E-state index contributed by atoms with van der Waals surface area (Å²) < 4.78 is 14.2. The van der Waals surface area contributed by atoms with E-state index in [0.29, 0.717) is 0 Å². The second-order valence-corrected chi connectivity index (χ2v) is 7.56. The Kier molecular flexibility index (Phi) is 3.00. The molecule has 4 heteroatoms. The monoisotopic (exact) mass is 325 g/mol. The van der Waals surface area contributed by atoms with Crippen molar-refractivity contribution in [2.45, 2.75) is 38.5 Å². The molecule has 2 amide bonds. The molecule has 3 fully saturated rings. The van der Waals surface area contributed by atoms with E-state index in [4.69, 9.17) is 0 Å². The van der Waals surface area contributed by atoms with Crippen molar-refractivity contribution in [3.8, 4) is 0 Å². The molecule has 1 aliphatic heterocycles. The second kappa shape index (κ2) is 5.01. The molecule has 4 atom stereocenters. The van der Waals surface area contributed by atoms with E-state index in [2.05, 4.69) is 0 Å². The zero-order valence-electron chi connectivity index (χ0n) is 13.5. The molecule has 124 valence electrons. The van der Waals surface area contributed by atoms with Gasteiger partial charge >= 0.3 is 0 Å². The van der Waals surface area contributed by atoms with Crippen molar-refractivity contribution in [1.82, 2.24) is 0 Å². The van der Waals surface area contributed by atoms with Gasteiger partial charge in [0.1, 0.15) is 5.82 Å².